The molecule has 0 aliphatic heterocycles. The summed E-state index contributed by atoms with van der Waals surface area (Å²) in [6.45, 7) is 0. The topological polar surface area (TPSA) is 116 Å². The van der Waals surface area contributed by atoms with Crippen molar-refractivity contribution in [2.75, 3.05) is 5.32 Å². The average molecular weight is 324 g/mol. The zero-order chi connectivity index (χ0) is 13.8. The molecule has 1 aromatic carbocycles. The van der Waals surface area contributed by atoms with Gasteiger partial charge in [0.25, 0.3) is 5.91 Å². The van der Waals surface area contributed by atoms with Gasteiger partial charge in [0.2, 0.25) is 0 Å². The summed E-state index contributed by atoms with van der Waals surface area (Å²) in [5, 5.41) is 20.4. The fraction of sp³-hybridized carbons (Fsp3) is 0. The fourth-order valence-electron chi connectivity index (χ4n) is 1.44. The molecule has 0 atom stereocenters. The Kier molecular flexibility index (Phi) is 3.81. The zero-order valence-corrected chi connectivity index (χ0v) is 11.2. The maximum absolute atomic E-state index is 12.0. The Morgan fingerprint density at radius 1 is 1.53 bits per heavy atom. The third-order valence-corrected chi connectivity index (χ3v) is 2.84. The first-order valence-corrected chi connectivity index (χ1v) is 5.99. The highest BCUT2D eigenvalue weighted by Gasteiger charge is 2.13. The van der Waals surface area contributed by atoms with Crippen molar-refractivity contribution in [2.24, 2.45) is 10.9 Å². The van der Waals surface area contributed by atoms with Crippen molar-refractivity contribution in [3.8, 4) is 0 Å². The van der Waals surface area contributed by atoms with Gasteiger partial charge in [-0.25, -0.2) is 0 Å². The van der Waals surface area contributed by atoms with Crippen molar-refractivity contribution in [1.29, 1.82) is 0 Å². The first kappa shape index (κ1) is 13.1. The second-order valence-corrected chi connectivity index (χ2v) is 4.52. The maximum Gasteiger partial charge on any atom is 0.256 e. The molecule has 19 heavy (non-hydrogen) atoms. The second kappa shape index (κ2) is 5.53. The van der Waals surface area contributed by atoms with Crippen molar-refractivity contribution in [3.05, 3.63) is 46.1 Å². The third kappa shape index (κ3) is 2.91. The molecule has 0 fully saturated rings. The van der Waals surface area contributed by atoms with E-state index in [9.17, 15) is 4.79 Å². The Bertz CT molecular complexity index is 638. The monoisotopic (exact) mass is 323 g/mol. The summed E-state index contributed by atoms with van der Waals surface area (Å²) >= 11 is 3.28. The molecule has 98 valence electrons. The summed E-state index contributed by atoms with van der Waals surface area (Å²) in [6.07, 6.45) is 1.35. The minimum Gasteiger partial charge on any atom is -0.409 e. The summed E-state index contributed by atoms with van der Waals surface area (Å²) in [7, 11) is 0. The molecule has 0 saturated heterocycles. The number of nitrogens with zero attached hydrogens (tertiary/aromatic N) is 2. The highest BCUT2D eigenvalue weighted by Crippen LogP contribution is 2.15. The predicted molar refractivity (Wildman–Crippen MR) is 73.2 cm³/mol. The number of H-pyrrole nitrogens is 1. The van der Waals surface area contributed by atoms with Gasteiger partial charge in [-0.05, 0) is 18.2 Å². The molecule has 1 aromatic heterocycles. The number of oxime groups is 1. The summed E-state index contributed by atoms with van der Waals surface area (Å²) < 4.78 is 0.793. The standard InChI is InChI=1S/C11H10BrN5O2/c12-7-3-1-2-6(4-7)11(18)15-10-8(5-14-16-10)9(13)17-19/h1-5,19H,(H2,13,17)(H2,14,15,16,18). The molecule has 1 amide bonds. The first-order chi connectivity index (χ1) is 9.11. The normalized spacial score (nSPS) is 11.3. The van der Waals surface area contributed by atoms with Crippen LogP contribution in [0.3, 0.4) is 0 Å². The smallest absolute Gasteiger partial charge is 0.256 e. The lowest BCUT2D eigenvalue weighted by Crippen LogP contribution is -2.18. The predicted octanol–water partition coefficient (Wildman–Crippen LogP) is 1.52. The number of anilines is 1. The highest BCUT2D eigenvalue weighted by molar-refractivity contribution is 9.10. The SMILES string of the molecule is NC(=NO)c1cn[nH]c1NC(=O)c1cccc(Br)c1. The number of halogens is 1. The molecule has 1 heterocycles. The van der Waals surface area contributed by atoms with E-state index in [0.29, 0.717) is 11.1 Å². The summed E-state index contributed by atoms with van der Waals surface area (Å²) in [4.78, 5) is 12.0. The molecule has 0 spiro atoms. The number of amidine groups is 1. The van der Waals surface area contributed by atoms with E-state index < -0.39 is 0 Å². The molecule has 0 bridgehead atoms. The number of hydrogen-bond acceptors (Lipinski definition) is 4. The number of hydrogen-bond donors (Lipinski definition) is 4. The van der Waals surface area contributed by atoms with Gasteiger partial charge in [-0.15, -0.1) is 0 Å². The van der Waals surface area contributed by atoms with Crippen LogP contribution in [0, 0.1) is 0 Å². The molecule has 2 rings (SSSR count). The molecule has 0 aliphatic carbocycles. The maximum atomic E-state index is 12.0. The van der Waals surface area contributed by atoms with Gasteiger partial charge in [-0.1, -0.05) is 27.2 Å². The number of nitrogens with one attached hydrogen (secondary N) is 2. The lowest BCUT2D eigenvalue weighted by molar-refractivity contribution is 0.102. The second-order valence-electron chi connectivity index (χ2n) is 3.61. The molecule has 0 unspecified atom stereocenters. The van der Waals surface area contributed by atoms with E-state index in [-0.39, 0.29) is 17.6 Å². The number of aromatic amines is 1. The van der Waals surface area contributed by atoms with E-state index in [1.54, 1.807) is 18.2 Å². The lowest BCUT2D eigenvalue weighted by atomic mass is 10.2. The number of nitrogens with two attached hydrogens (primary N) is 1. The van der Waals surface area contributed by atoms with Crippen LogP contribution in [0.1, 0.15) is 15.9 Å². The van der Waals surface area contributed by atoms with Crippen molar-refractivity contribution in [1.82, 2.24) is 10.2 Å². The highest BCUT2D eigenvalue weighted by atomic mass is 79.9. The van der Waals surface area contributed by atoms with Gasteiger partial charge in [-0.3, -0.25) is 9.89 Å². The minimum atomic E-state index is -0.336. The molecule has 8 heteroatoms. The Morgan fingerprint density at radius 3 is 3.00 bits per heavy atom. The van der Waals surface area contributed by atoms with E-state index in [0.717, 1.165) is 4.47 Å². The Labute approximate surface area is 116 Å². The summed E-state index contributed by atoms with van der Waals surface area (Å²) in [5.41, 5.74) is 6.24. The fourth-order valence-corrected chi connectivity index (χ4v) is 1.84. The van der Waals surface area contributed by atoms with E-state index in [1.165, 1.54) is 6.20 Å². The molecular weight excluding hydrogens is 314 g/mol. The van der Waals surface area contributed by atoms with Gasteiger partial charge < -0.3 is 16.3 Å². The minimum absolute atomic E-state index is 0.140. The number of benzene rings is 1. The van der Waals surface area contributed by atoms with Gasteiger partial charge in [-0.2, -0.15) is 5.10 Å². The van der Waals surface area contributed by atoms with Crippen LogP contribution in [0.25, 0.3) is 0 Å². The summed E-state index contributed by atoms with van der Waals surface area (Å²) in [6, 6.07) is 6.90. The van der Waals surface area contributed by atoms with Crippen LogP contribution in [0.4, 0.5) is 5.82 Å². The zero-order valence-electron chi connectivity index (χ0n) is 9.59. The molecule has 0 saturated carbocycles. The van der Waals surface area contributed by atoms with Crippen molar-refractivity contribution in [3.63, 3.8) is 0 Å². The van der Waals surface area contributed by atoms with Crippen molar-refractivity contribution >= 4 is 33.5 Å². The number of carbonyl (C=O) groups is 1. The van der Waals surface area contributed by atoms with Gasteiger partial charge >= 0.3 is 0 Å². The number of aromatic nitrogens is 2. The van der Waals surface area contributed by atoms with Crippen LogP contribution in [-0.2, 0) is 0 Å². The van der Waals surface area contributed by atoms with Gasteiger partial charge in [0.15, 0.2) is 5.84 Å². The molecule has 0 aliphatic rings. The molecule has 0 radical (unpaired) electrons. The molecule has 7 nitrogen and oxygen atoms in total. The van der Waals surface area contributed by atoms with E-state index in [4.69, 9.17) is 10.9 Å². The molecule has 5 N–H and O–H groups in total. The van der Waals surface area contributed by atoms with E-state index in [2.05, 4.69) is 36.6 Å². The van der Waals surface area contributed by atoms with Crippen LogP contribution in [0.15, 0.2) is 40.1 Å². The quantitative estimate of drug-likeness (QED) is 0.296. The van der Waals surface area contributed by atoms with Crippen LogP contribution >= 0.6 is 15.9 Å². The van der Waals surface area contributed by atoms with Gasteiger partial charge in [0, 0.05) is 10.0 Å². The van der Waals surface area contributed by atoms with Crippen LogP contribution in [0.2, 0.25) is 0 Å². The van der Waals surface area contributed by atoms with Crippen molar-refractivity contribution in [2.45, 2.75) is 0 Å². The number of amides is 1. The van der Waals surface area contributed by atoms with E-state index in [1.807, 2.05) is 6.07 Å². The summed E-state index contributed by atoms with van der Waals surface area (Å²) in [5.74, 6) is -0.212. The first-order valence-electron chi connectivity index (χ1n) is 5.20. The van der Waals surface area contributed by atoms with Crippen LogP contribution in [-0.4, -0.2) is 27.1 Å². The number of carbonyl (C=O) groups excluding carboxylic acids is 1. The lowest BCUT2D eigenvalue weighted by Gasteiger charge is -2.05. The molecular formula is C11H10BrN5O2. The number of rotatable bonds is 3. The Morgan fingerprint density at radius 2 is 2.32 bits per heavy atom. The van der Waals surface area contributed by atoms with Crippen molar-refractivity contribution < 1.29 is 10.0 Å². The van der Waals surface area contributed by atoms with Gasteiger partial charge in [0.05, 0.1) is 11.8 Å². The molecule has 2 aromatic rings. The average Bonchev–Trinajstić information content (AvgIpc) is 2.86. The largest absolute Gasteiger partial charge is 0.409 e. The van der Waals surface area contributed by atoms with E-state index >= 15 is 0 Å². The van der Waals surface area contributed by atoms with Crippen LogP contribution in [0.5, 0.6) is 0 Å². The third-order valence-electron chi connectivity index (χ3n) is 2.35. The Balaban J connectivity index is 2.23. The van der Waals surface area contributed by atoms with Crippen LogP contribution < -0.4 is 11.1 Å². The van der Waals surface area contributed by atoms with Gasteiger partial charge in [0.1, 0.15) is 5.82 Å². The Hall–Kier alpha value is -2.35.